The maximum absolute atomic E-state index is 9.85. The molecule has 0 aromatic heterocycles. The average Bonchev–Trinajstić information content (AvgIpc) is 2.12. The Labute approximate surface area is 50.4 Å². The Balaban J connectivity index is 2.41. The first-order valence-electron chi connectivity index (χ1n) is 1.96. The summed E-state index contributed by atoms with van der Waals surface area (Å²) in [5.74, 6) is 0. The highest BCUT2D eigenvalue weighted by molar-refractivity contribution is 7.98. The molecule has 1 aliphatic rings. The van der Waals surface area contributed by atoms with E-state index in [-0.39, 0.29) is 0 Å². The Kier molecular flexibility index (Phi) is 1.38. The summed E-state index contributed by atoms with van der Waals surface area (Å²) in [6.07, 6.45) is 1.62. The molecule has 0 aliphatic carbocycles. The van der Waals surface area contributed by atoms with E-state index < -0.39 is 5.03 Å². The topological polar surface area (TPSA) is 46.4 Å². The lowest BCUT2D eigenvalue weighted by Crippen LogP contribution is -2.18. The maximum Gasteiger partial charge on any atom is 0.171 e. The van der Waals surface area contributed by atoms with Gasteiger partial charge in [0.25, 0.3) is 0 Å². The average molecular weight is 131 g/mol. The number of hydrazine groups is 1. The van der Waals surface area contributed by atoms with Crippen molar-refractivity contribution in [3.63, 3.8) is 0 Å². The van der Waals surface area contributed by atoms with Crippen molar-refractivity contribution >= 4 is 11.9 Å². The Morgan fingerprint density at radius 1 is 2.00 bits per heavy atom. The van der Waals surface area contributed by atoms with Gasteiger partial charge in [-0.25, -0.2) is 10.1 Å². The summed E-state index contributed by atoms with van der Waals surface area (Å²) in [5.41, 5.74) is 0. The molecule has 0 unspecified atom stereocenters. The monoisotopic (exact) mass is 131 g/mol. The van der Waals surface area contributed by atoms with Crippen molar-refractivity contribution in [3.8, 4) is 0 Å². The number of hydrogen-bond donors (Lipinski definition) is 0. The van der Waals surface area contributed by atoms with Gasteiger partial charge in [0.1, 0.15) is 6.54 Å². The summed E-state index contributed by atoms with van der Waals surface area (Å²) < 4.78 is 1.00. The Morgan fingerprint density at radius 3 is 3.00 bits per heavy atom. The molecule has 1 radical (unpaired) electrons. The van der Waals surface area contributed by atoms with Gasteiger partial charge in [0.05, 0.1) is 11.9 Å². The zero-order valence-electron chi connectivity index (χ0n) is 3.90. The molecule has 0 bridgehead atoms. The minimum atomic E-state index is -0.457. The van der Waals surface area contributed by atoms with Gasteiger partial charge < -0.3 is 0 Å². The van der Waals surface area contributed by atoms with Crippen LogP contribution in [0.25, 0.3) is 0 Å². The SMILES string of the molecule is O=[N+]([O-])N1CC=[C]S1. The van der Waals surface area contributed by atoms with Crippen LogP contribution in [0.3, 0.4) is 0 Å². The molecule has 4 nitrogen and oxygen atoms in total. The number of rotatable bonds is 1. The van der Waals surface area contributed by atoms with Crippen molar-refractivity contribution in [2.45, 2.75) is 0 Å². The van der Waals surface area contributed by atoms with Crippen molar-refractivity contribution in [2.75, 3.05) is 6.54 Å². The molecule has 1 rings (SSSR count). The van der Waals surface area contributed by atoms with Crippen LogP contribution < -0.4 is 0 Å². The van der Waals surface area contributed by atoms with Crippen molar-refractivity contribution in [1.82, 2.24) is 4.41 Å². The predicted octanol–water partition coefficient (Wildman–Crippen LogP) is 0.459. The van der Waals surface area contributed by atoms with Gasteiger partial charge >= 0.3 is 0 Å². The fraction of sp³-hybridized carbons (Fsp3) is 0.333. The van der Waals surface area contributed by atoms with E-state index in [1.54, 1.807) is 6.08 Å². The minimum Gasteiger partial charge on any atom is -0.234 e. The third kappa shape index (κ3) is 0.919. The van der Waals surface area contributed by atoms with Gasteiger partial charge in [0.2, 0.25) is 0 Å². The molecule has 5 heteroatoms. The van der Waals surface area contributed by atoms with Gasteiger partial charge in [0, 0.05) is 5.41 Å². The van der Waals surface area contributed by atoms with Crippen LogP contribution in [0.2, 0.25) is 0 Å². The summed E-state index contributed by atoms with van der Waals surface area (Å²) in [4.78, 5) is 9.85. The van der Waals surface area contributed by atoms with Crippen molar-refractivity contribution < 1.29 is 5.03 Å². The first-order valence-corrected chi connectivity index (χ1v) is 2.74. The van der Waals surface area contributed by atoms with E-state index in [2.05, 4.69) is 5.41 Å². The zero-order valence-corrected chi connectivity index (χ0v) is 4.72. The normalized spacial score (nSPS) is 17.2. The van der Waals surface area contributed by atoms with Gasteiger partial charge in [-0.15, -0.1) is 0 Å². The van der Waals surface area contributed by atoms with Crippen LogP contribution in [0, 0.1) is 15.5 Å². The molecular weight excluding hydrogens is 128 g/mol. The molecule has 0 spiro atoms. The van der Waals surface area contributed by atoms with Gasteiger partial charge in [-0.05, 0) is 6.08 Å². The molecule has 0 saturated carbocycles. The van der Waals surface area contributed by atoms with Crippen LogP contribution in [0.5, 0.6) is 0 Å². The second-order valence-electron chi connectivity index (χ2n) is 1.19. The molecular formula is C3H3N2O2S. The molecule has 0 saturated heterocycles. The molecule has 0 fully saturated rings. The van der Waals surface area contributed by atoms with E-state index in [1.165, 1.54) is 0 Å². The molecule has 43 valence electrons. The smallest absolute Gasteiger partial charge is 0.171 e. The molecule has 0 atom stereocenters. The van der Waals surface area contributed by atoms with Crippen LogP contribution in [0.15, 0.2) is 6.08 Å². The van der Waals surface area contributed by atoms with Gasteiger partial charge in [-0.1, -0.05) is 4.41 Å². The predicted molar refractivity (Wildman–Crippen MR) is 29.1 cm³/mol. The molecule has 0 amide bonds. The van der Waals surface area contributed by atoms with E-state index in [0.717, 1.165) is 16.4 Å². The van der Waals surface area contributed by atoms with Gasteiger partial charge in [0.15, 0.2) is 5.03 Å². The van der Waals surface area contributed by atoms with Crippen molar-refractivity contribution in [3.05, 3.63) is 21.6 Å². The standard InChI is InChI=1S/C3H3N2O2S/c6-5(7)4-2-1-3-8-4/h1H,2H2. The van der Waals surface area contributed by atoms with Crippen LogP contribution in [0.1, 0.15) is 0 Å². The Hall–Kier alpha value is -0.710. The first kappa shape index (κ1) is 5.43. The minimum absolute atomic E-state index is 0.359. The Bertz CT molecular complexity index is 127. The van der Waals surface area contributed by atoms with E-state index in [4.69, 9.17) is 0 Å². The Morgan fingerprint density at radius 2 is 2.75 bits per heavy atom. The number of nitrogens with zero attached hydrogens (tertiary/aromatic N) is 2. The summed E-state index contributed by atoms with van der Waals surface area (Å²) in [7, 11) is 0. The highest BCUT2D eigenvalue weighted by atomic mass is 32.2. The second kappa shape index (κ2) is 2.04. The van der Waals surface area contributed by atoms with Crippen molar-refractivity contribution in [1.29, 1.82) is 0 Å². The molecule has 8 heavy (non-hydrogen) atoms. The fourth-order valence-electron chi connectivity index (χ4n) is 0.351. The lowest BCUT2D eigenvalue weighted by atomic mass is 10.7. The summed E-state index contributed by atoms with van der Waals surface area (Å²) in [6.45, 7) is 0.359. The molecule has 1 aliphatic heterocycles. The van der Waals surface area contributed by atoms with E-state index in [9.17, 15) is 10.1 Å². The molecule has 1 heterocycles. The first-order chi connectivity index (χ1) is 3.80. The largest absolute Gasteiger partial charge is 0.234 e. The maximum atomic E-state index is 9.85. The van der Waals surface area contributed by atoms with Crippen LogP contribution in [-0.2, 0) is 0 Å². The van der Waals surface area contributed by atoms with Crippen LogP contribution >= 0.6 is 11.9 Å². The third-order valence-electron chi connectivity index (χ3n) is 0.671. The lowest BCUT2D eigenvalue weighted by molar-refractivity contribution is -0.613. The highest BCUT2D eigenvalue weighted by Crippen LogP contribution is 2.15. The fourth-order valence-corrected chi connectivity index (χ4v) is 0.837. The highest BCUT2D eigenvalue weighted by Gasteiger charge is 2.15. The van der Waals surface area contributed by atoms with E-state index in [0.29, 0.717) is 6.54 Å². The van der Waals surface area contributed by atoms with Crippen LogP contribution in [0.4, 0.5) is 0 Å². The molecule has 0 N–H and O–H groups in total. The third-order valence-corrected chi connectivity index (χ3v) is 1.44. The number of nitro groups is 1. The van der Waals surface area contributed by atoms with Gasteiger partial charge in [-0.3, -0.25) is 0 Å². The second-order valence-corrected chi connectivity index (χ2v) is 2.03. The molecule has 0 aromatic rings. The van der Waals surface area contributed by atoms with Gasteiger partial charge in [-0.2, -0.15) is 0 Å². The summed E-state index contributed by atoms with van der Waals surface area (Å²) >= 11 is 0.979. The number of hydrogen-bond acceptors (Lipinski definition) is 3. The lowest BCUT2D eigenvalue weighted by Gasteiger charge is -1.99. The van der Waals surface area contributed by atoms with E-state index >= 15 is 0 Å². The quantitative estimate of drug-likeness (QED) is 0.294. The summed E-state index contributed by atoms with van der Waals surface area (Å²) in [6, 6.07) is 0. The molecule has 0 aromatic carbocycles. The van der Waals surface area contributed by atoms with E-state index in [1.807, 2.05) is 0 Å². The van der Waals surface area contributed by atoms with Crippen LogP contribution in [-0.4, -0.2) is 16.0 Å². The summed E-state index contributed by atoms with van der Waals surface area (Å²) in [5, 5.41) is 12.0. The van der Waals surface area contributed by atoms with Crippen molar-refractivity contribution in [2.24, 2.45) is 0 Å². The zero-order chi connectivity index (χ0) is 5.98.